The number of hydrogen-bond acceptors (Lipinski definition) is 4. The number of carbonyl (C=O) groups is 2. The molecule has 0 unspecified atom stereocenters. The van der Waals surface area contributed by atoms with Crippen molar-refractivity contribution in [3.8, 4) is 0 Å². The number of benzene rings is 1. The van der Waals surface area contributed by atoms with Crippen molar-refractivity contribution >= 4 is 22.8 Å². The Morgan fingerprint density at radius 3 is 2.71 bits per heavy atom. The van der Waals surface area contributed by atoms with Crippen LogP contribution in [0.3, 0.4) is 0 Å². The number of furan rings is 2. The second kappa shape index (κ2) is 6.57. The molecule has 3 rings (SSSR count). The van der Waals surface area contributed by atoms with E-state index in [1.807, 2.05) is 0 Å². The zero-order valence-corrected chi connectivity index (χ0v) is 12.9. The summed E-state index contributed by atoms with van der Waals surface area (Å²) in [5.74, 6) is -0.881. The molecule has 3 aromatic rings. The Labute approximate surface area is 136 Å². The van der Waals surface area contributed by atoms with Crippen LogP contribution in [-0.2, 0) is 11.3 Å². The van der Waals surface area contributed by atoms with E-state index >= 15 is 0 Å². The SMILES string of the molecule is Cc1c(C(=O)NCC(=O)NCc2ccco2)oc2c(F)cccc12. The van der Waals surface area contributed by atoms with Crippen molar-refractivity contribution in [2.24, 2.45) is 0 Å². The van der Waals surface area contributed by atoms with E-state index in [4.69, 9.17) is 8.83 Å². The minimum absolute atomic E-state index is 0.00562. The highest BCUT2D eigenvalue weighted by Gasteiger charge is 2.19. The van der Waals surface area contributed by atoms with Gasteiger partial charge in [0.05, 0.1) is 19.4 Å². The predicted octanol–water partition coefficient (Wildman–Crippen LogP) is 2.52. The topological polar surface area (TPSA) is 84.5 Å². The third-order valence-electron chi connectivity index (χ3n) is 3.57. The van der Waals surface area contributed by atoms with Crippen molar-refractivity contribution in [2.45, 2.75) is 13.5 Å². The van der Waals surface area contributed by atoms with Crippen LogP contribution in [0, 0.1) is 12.7 Å². The standard InChI is InChI=1S/C17H15FN2O4/c1-10-12-5-2-6-13(18)16(12)24-15(10)17(22)20-9-14(21)19-8-11-4-3-7-23-11/h2-7H,8-9H2,1H3,(H,19,21)(H,20,22). The molecule has 0 saturated heterocycles. The highest BCUT2D eigenvalue weighted by atomic mass is 19.1. The zero-order valence-electron chi connectivity index (χ0n) is 12.9. The molecule has 0 atom stereocenters. The van der Waals surface area contributed by atoms with Gasteiger partial charge in [-0.2, -0.15) is 0 Å². The van der Waals surface area contributed by atoms with Crippen LogP contribution < -0.4 is 10.6 Å². The number of nitrogens with one attached hydrogen (secondary N) is 2. The lowest BCUT2D eigenvalue weighted by atomic mass is 10.1. The minimum atomic E-state index is -0.573. The molecule has 0 radical (unpaired) electrons. The van der Waals surface area contributed by atoms with E-state index in [1.54, 1.807) is 31.2 Å². The van der Waals surface area contributed by atoms with Gasteiger partial charge in [0.2, 0.25) is 5.91 Å². The van der Waals surface area contributed by atoms with Crippen molar-refractivity contribution in [3.63, 3.8) is 0 Å². The highest BCUT2D eigenvalue weighted by molar-refractivity contribution is 6.00. The fourth-order valence-corrected chi connectivity index (χ4v) is 2.33. The first-order chi connectivity index (χ1) is 11.6. The third kappa shape index (κ3) is 3.15. The summed E-state index contributed by atoms with van der Waals surface area (Å²) in [5.41, 5.74) is 0.556. The van der Waals surface area contributed by atoms with Gasteiger partial charge < -0.3 is 19.5 Å². The molecule has 2 amide bonds. The largest absolute Gasteiger partial charge is 0.467 e. The Bertz CT molecular complexity index is 884. The van der Waals surface area contributed by atoms with Gasteiger partial charge in [-0.3, -0.25) is 9.59 Å². The summed E-state index contributed by atoms with van der Waals surface area (Å²) in [4.78, 5) is 23.9. The lowest BCUT2D eigenvalue weighted by Gasteiger charge is -2.05. The molecular formula is C17H15FN2O4. The van der Waals surface area contributed by atoms with Crippen LogP contribution in [0.2, 0.25) is 0 Å². The van der Waals surface area contributed by atoms with Crippen molar-refractivity contribution in [1.82, 2.24) is 10.6 Å². The molecule has 2 N–H and O–H groups in total. The summed E-state index contributed by atoms with van der Waals surface area (Å²) < 4.78 is 24.1. The van der Waals surface area contributed by atoms with Crippen LogP contribution >= 0.6 is 0 Å². The molecule has 6 nitrogen and oxygen atoms in total. The summed E-state index contributed by atoms with van der Waals surface area (Å²) in [7, 11) is 0. The second-order valence-corrected chi connectivity index (χ2v) is 5.21. The highest BCUT2D eigenvalue weighted by Crippen LogP contribution is 2.27. The molecule has 1 aromatic carbocycles. The van der Waals surface area contributed by atoms with E-state index in [-0.39, 0.29) is 30.3 Å². The van der Waals surface area contributed by atoms with Crippen LogP contribution in [0.4, 0.5) is 4.39 Å². The van der Waals surface area contributed by atoms with Gasteiger partial charge in [0, 0.05) is 10.9 Å². The monoisotopic (exact) mass is 330 g/mol. The number of fused-ring (bicyclic) bond motifs is 1. The van der Waals surface area contributed by atoms with Crippen LogP contribution in [0.15, 0.2) is 45.4 Å². The number of halogens is 1. The lowest BCUT2D eigenvalue weighted by Crippen LogP contribution is -2.36. The molecule has 2 aromatic heterocycles. The fourth-order valence-electron chi connectivity index (χ4n) is 2.33. The van der Waals surface area contributed by atoms with Crippen LogP contribution in [0.25, 0.3) is 11.0 Å². The van der Waals surface area contributed by atoms with Crippen molar-refractivity contribution in [1.29, 1.82) is 0 Å². The quantitative estimate of drug-likeness (QED) is 0.753. The van der Waals surface area contributed by atoms with Crippen molar-refractivity contribution in [3.05, 3.63) is 59.5 Å². The molecule has 124 valence electrons. The van der Waals surface area contributed by atoms with Crippen LogP contribution in [0.1, 0.15) is 21.9 Å². The van der Waals surface area contributed by atoms with Gasteiger partial charge >= 0.3 is 0 Å². The van der Waals surface area contributed by atoms with Gasteiger partial charge in [0.15, 0.2) is 17.2 Å². The van der Waals surface area contributed by atoms with Gasteiger partial charge in [-0.1, -0.05) is 12.1 Å². The number of para-hydroxylation sites is 1. The molecule has 24 heavy (non-hydrogen) atoms. The first kappa shape index (κ1) is 15.8. The number of aryl methyl sites for hydroxylation is 1. The van der Waals surface area contributed by atoms with Crippen LogP contribution in [0.5, 0.6) is 0 Å². The third-order valence-corrected chi connectivity index (χ3v) is 3.57. The average Bonchev–Trinajstić information content (AvgIpc) is 3.20. The van der Waals surface area contributed by atoms with E-state index in [0.29, 0.717) is 16.7 Å². The maximum Gasteiger partial charge on any atom is 0.287 e. The summed E-state index contributed by atoms with van der Waals surface area (Å²) >= 11 is 0. The zero-order chi connectivity index (χ0) is 17.1. The minimum Gasteiger partial charge on any atom is -0.467 e. The number of hydrogen-bond donors (Lipinski definition) is 2. The van der Waals surface area contributed by atoms with Crippen molar-refractivity contribution in [2.75, 3.05) is 6.54 Å². The molecule has 0 aliphatic carbocycles. The van der Waals surface area contributed by atoms with Gasteiger partial charge in [0.1, 0.15) is 5.76 Å². The van der Waals surface area contributed by atoms with E-state index < -0.39 is 11.7 Å². The summed E-state index contributed by atoms with van der Waals surface area (Å²) in [5, 5.41) is 5.59. The van der Waals surface area contributed by atoms with Gasteiger partial charge in [-0.05, 0) is 25.1 Å². The Morgan fingerprint density at radius 1 is 1.17 bits per heavy atom. The lowest BCUT2D eigenvalue weighted by molar-refractivity contribution is -0.120. The summed E-state index contributed by atoms with van der Waals surface area (Å²) in [6, 6.07) is 7.92. The predicted molar refractivity (Wildman–Crippen MR) is 83.8 cm³/mol. The molecule has 0 bridgehead atoms. The molecule has 0 fully saturated rings. The van der Waals surface area contributed by atoms with Gasteiger partial charge in [-0.25, -0.2) is 4.39 Å². The summed E-state index contributed by atoms with van der Waals surface area (Å²) in [6.07, 6.45) is 1.51. The summed E-state index contributed by atoms with van der Waals surface area (Å²) in [6.45, 7) is 1.67. The van der Waals surface area contributed by atoms with Crippen LogP contribution in [-0.4, -0.2) is 18.4 Å². The Balaban J connectivity index is 1.62. The second-order valence-electron chi connectivity index (χ2n) is 5.21. The Hall–Kier alpha value is -3.09. The number of amides is 2. The Kier molecular flexibility index (Phi) is 4.33. The van der Waals surface area contributed by atoms with Crippen molar-refractivity contribution < 1.29 is 22.8 Å². The smallest absolute Gasteiger partial charge is 0.287 e. The molecule has 0 aliphatic rings. The fraction of sp³-hybridized carbons (Fsp3) is 0.176. The molecule has 0 spiro atoms. The molecule has 7 heteroatoms. The van der Waals surface area contributed by atoms with E-state index in [0.717, 1.165) is 0 Å². The van der Waals surface area contributed by atoms with E-state index in [1.165, 1.54) is 12.3 Å². The van der Waals surface area contributed by atoms with E-state index in [9.17, 15) is 14.0 Å². The Morgan fingerprint density at radius 2 is 2.00 bits per heavy atom. The molecular weight excluding hydrogens is 315 g/mol. The maximum absolute atomic E-state index is 13.7. The maximum atomic E-state index is 13.7. The first-order valence-electron chi connectivity index (χ1n) is 7.31. The first-order valence-corrected chi connectivity index (χ1v) is 7.31. The van der Waals surface area contributed by atoms with Gasteiger partial charge in [-0.15, -0.1) is 0 Å². The molecule has 0 saturated carbocycles. The molecule has 0 aliphatic heterocycles. The normalized spacial score (nSPS) is 10.8. The molecule has 2 heterocycles. The number of rotatable bonds is 5. The van der Waals surface area contributed by atoms with Gasteiger partial charge in [0.25, 0.3) is 5.91 Å². The average molecular weight is 330 g/mol. The van der Waals surface area contributed by atoms with E-state index in [2.05, 4.69) is 10.6 Å². The number of carbonyl (C=O) groups excluding carboxylic acids is 2.